The Balaban J connectivity index is 2.45. The van der Waals surface area contributed by atoms with Crippen LogP contribution >= 0.6 is 0 Å². The van der Waals surface area contributed by atoms with Gasteiger partial charge in [-0.3, -0.25) is 24.1 Å². The lowest BCUT2D eigenvalue weighted by Gasteiger charge is -2.20. The van der Waals surface area contributed by atoms with Crippen LogP contribution < -0.4 is 5.32 Å². The summed E-state index contributed by atoms with van der Waals surface area (Å²) >= 11 is 0. The summed E-state index contributed by atoms with van der Waals surface area (Å²) < 4.78 is 5.08. The minimum Gasteiger partial charge on any atom is -0.480 e. The highest BCUT2D eigenvalue weighted by Crippen LogP contribution is 2.10. The third-order valence-electron chi connectivity index (χ3n) is 3.15. The first-order valence-electron chi connectivity index (χ1n) is 7.77. The molecule has 0 bridgehead atoms. The van der Waals surface area contributed by atoms with E-state index in [0.717, 1.165) is 17.1 Å². The van der Waals surface area contributed by atoms with Crippen LogP contribution in [0.5, 0.6) is 0 Å². The molecule has 0 aliphatic carbocycles. The smallest absolute Gasteiger partial charge is 0.326 e. The molecule has 3 amide bonds. The van der Waals surface area contributed by atoms with Crippen LogP contribution in [0.3, 0.4) is 0 Å². The average molecular weight is 354 g/mol. The number of hydrogen-bond acceptors (Lipinski definition) is 6. The van der Waals surface area contributed by atoms with E-state index in [1.807, 2.05) is 0 Å². The van der Waals surface area contributed by atoms with Crippen molar-refractivity contribution in [2.75, 3.05) is 6.54 Å². The fourth-order valence-corrected chi connectivity index (χ4v) is 2.04. The number of nitrogens with zero attached hydrogens (tertiary/aromatic N) is 1. The normalized spacial score (nSPS) is 15.2. The van der Waals surface area contributed by atoms with Gasteiger partial charge in [-0.05, 0) is 27.2 Å². The molecule has 0 radical (unpaired) electrons. The van der Waals surface area contributed by atoms with Crippen LogP contribution in [0.2, 0.25) is 0 Å². The van der Waals surface area contributed by atoms with Crippen LogP contribution in [-0.2, 0) is 28.7 Å². The molecular weight excluding hydrogens is 332 g/mol. The number of nitrogens with one attached hydrogen (secondary N) is 1. The van der Waals surface area contributed by atoms with Crippen LogP contribution in [0.4, 0.5) is 0 Å². The van der Waals surface area contributed by atoms with Crippen molar-refractivity contribution in [1.82, 2.24) is 10.2 Å². The zero-order valence-corrected chi connectivity index (χ0v) is 14.4. The Morgan fingerprint density at radius 1 is 1.16 bits per heavy atom. The van der Waals surface area contributed by atoms with Crippen LogP contribution in [0.1, 0.15) is 40.0 Å². The van der Waals surface area contributed by atoms with Crippen molar-refractivity contribution in [3.05, 3.63) is 12.2 Å². The second kappa shape index (κ2) is 8.41. The average Bonchev–Trinajstić information content (AvgIpc) is 2.78. The van der Waals surface area contributed by atoms with Crippen LogP contribution in [0, 0.1) is 0 Å². The van der Waals surface area contributed by atoms with Gasteiger partial charge in [-0.2, -0.15) is 0 Å². The number of ether oxygens (including phenoxy) is 1. The maximum atomic E-state index is 11.8. The first-order valence-corrected chi connectivity index (χ1v) is 7.77. The molecule has 1 unspecified atom stereocenters. The lowest BCUT2D eigenvalue weighted by atomic mass is 10.1. The van der Waals surface area contributed by atoms with Crippen molar-refractivity contribution in [3.63, 3.8) is 0 Å². The van der Waals surface area contributed by atoms with Gasteiger partial charge in [-0.1, -0.05) is 0 Å². The molecule has 1 rings (SSSR count). The standard InChI is InChI=1S/C16H22N2O7/c1-16(2,3)25-14(22)7-4-10(15(23)24)17-11(19)8-9-18-12(20)5-6-13(18)21/h5-6,10H,4,7-9H2,1-3H3,(H,17,19)(H,23,24). The second-order valence-corrected chi connectivity index (χ2v) is 6.49. The molecule has 138 valence electrons. The van der Waals surface area contributed by atoms with E-state index in [4.69, 9.17) is 9.84 Å². The number of carbonyl (C=O) groups is 5. The second-order valence-electron chi connectivity index (χ2n) is 6.49. The molecule has 25 heavy (non-hydrogen) atoms. The highest BCUT2D eigenvalue weighted by atomic mass is 16.6. The molecule has 1 aliphatic rings. The molecule has 1 heterocycles. The third kappa shape index (κ3) is 7.15. The summed E-state index contributed by atoms with van der Waals surface area (Å²) in [6, 6.07) is -1.26. The van der Waals surface area contributed by atoms with E-state index in [2.05, 4.69) is 5.32 Å². The number of esters is 1. The molecule has 1 aliphatic heterocycles. The van der Waals surface area contributed by atoms with Gasteiger partial charge < -0.3 is 15.2 Å². The monoisotopic (exact) mass is 354 g/mol. The van der Waals surface area contributed by atoms with Gasteiger partial charge in [0.05, 0.1) is 0 Å². The third-order valence-corrected chi connectivity index (χ3v) is 3.15. The minimum absolute atomic E-state index is 0.126. The minimum atomic E-state index is -1.29. The highest BCUT2D eigenvalue weighted by Gasteiger charge is 2.26. The molecule has 0 aromatic heterocycles. The lowest BCUT2D eigenvalue weighted by molar-refractivity contribution is -0.155. The van der Waals surface area contributed by atoms with E-state index < -0.39 is 41.3 Å². The molecule has 9 nitrogen and oxygen atoms in total. The van der Waals surface area contributed by atoms with E-state index >= 15 is 0 Å². The summed E-state index contributed by atoms with van der Waals surface area (Å²) in [7, 11) is 0. The maximum absolute atomic E-state index is 11.8. The fraction of sp³-hybridized carbons (Fsp3) is 0.562. The van der Waals surface area contributed by atoms with Gasteiger partial charge in [-0.15, -0.1) is 0 Å². The summed E-state index contributed by atoms with van der Waals surface area (Å²) in [5.41, 5.74) is -0.679. The first-order chi connectivity index (χ1) is 11.5. The number of aliphatic carboxylic acids is 1. The SMILES string of the molecule is CC(C)(C)OC(=O)CCC(NC(=O)CCN1C(=O)C=CC1=O)C(=O)O. The largest absolute Gasteiger partial charge is 0.480 e. The number of amides is 3. The van der Waals surface area contributed by atoms with Crippen molar-refractivity contribution in [2.24, 2.45) is 0 Å². The van der Waals surface area contributed by atoms with E-state index in [1.54, 1.807) is 20.8 Å². The maximum Gasteiger partial charge on any atom is 0.326 e. The fourth-order valence-electron chi connectivity index (χ4n) is 2.04. The predicted octanol–water partition coefficient (Wildman–Crippen LogP) is -0.00720. The number of imide groups is 1. The molecule has 0 saturated heterocycles. The van der Waals surface area contributed by atoms with Crippen LogP contribution in [0.15, 0.2) is 12.2 Å². The van der Waals surface area contributed by atoms with Crippen molar-refractivity contribution in [3.8, 4) is 0 Å². The molecule has 0 spiro atoms. The Morgan fingerprint density at radius 3 is 2.20 bits per heavy atom. The Kier molecular flexibility index (Phi) is 6.84. The van der Waals surface area contributed by atoms with Gasteiger partial charge in [0.1, 0.15) is 11.6 Å². The zero-order valence-electron chi connectivity index (χ0n) is 14.4. The van der Waals surface area contributed by atoms with Crippen molar-refractivity contribution < 1.29 is 33.8 Å². The number of carboxylic acid groups (broad SMARTS) is 1. The number of hydrogen-bond donors (Lipinski definition) is 2. The Labute approximate surface area is 145 Å². The molecule has 0 aromatic carbocycles. The van der Waals surface area contributed by atoms with Gasteiger partial charge in [-0.25, -0.2) is 4.79 Å². The summed E-state index contributed by atoms with van der Waals surface area (Å²) in [5.74, 6) is -3.52. The van der Waals surface area contributed by atoms with Crippen LogP contribution in [-0.4, -0.2) is 57.9 Å². The molecular formula is C16H22N2O7. The van der Waals surface area contributed by atoms with Crippen molar-refractivity contribution in [1.29, 1.82) is 0 Å². The summed E-state index contributed by atoms with van der Waals surface area (Å²) in [6.45, 7) is 4.93. The molecule has 2 N–H and O–H groups in total. The highest BCUT2D eigenvalue weighted by molar-refractivity contribution is 6.13. The Hall–Kier alpha value is -2.71. The lowest BCUT2D eigenvalue weighted by Crippen LogP contribution is -2.43. The van der Waals surface area contributed by atoms with E-state index in [-0.39, 0.29) is 25.8 Å². The number of carbonyl (C=O) groups excluding carboxylic acids is 4. The molecule has 0 aromatic rings. The summed E-state index contributed by atoms with van der Waals surface area (Å²) in [5, 5.41) is 11.4. The molecule has 9 heteroatoms. The van der Waals surface area contributed by atoms with E-state index in [9.17, 15) is 24.0 Å². The van der Waals surface area contributed by atoms with Gasteiger partial charge in [0, 0.05) is 31.5 Å². The number of carboxylic acids is 1. The first kappa shape index (κ1) is 20.3. The molecule has 0 saturated carbocycles. The van der Waals surface area contributed by atoms with Gasteiger partial charge in [0.15, 0.2) is 0 Å². The van der Waals surface area contributed by atoms with Gasteiger partial charge >= 0.3 is 11.9 Å². The zero-order chi connectivity index (χ0) is 19.2. The van der Waals surface area contributed by atoms with E-state index in [0.29, 0.717) is 0 Å². The van der Waals surface area contributed by atoms with Crippen molar-refractivity contribution in [2.45, 2.75) is 51.7 Å². The van der Waals surface area contributed by atoms with Gasteiger partial charge in [0.2, 0.25) is 5.91 Å². The van der Waals surface area contributed by atoms with Crippen molar-refractivity contribution >= 4 is 29.7 Å². The van der Waals surface area contributed by atoms with Crippen LogP contribution in [0.25, 0.3) is 0 Å². The topological polar surface area (TPSA) is 130 Å². The van der Waals surface area contributed by atoms with Gasteiger partial charge in [0.25, 0.3) is 11.8 Å². The Bertz CT molecular complexity index is 586. The predicted molar refractivity (Wildman–Crippen MR) is 85.1 cm³/mol. The number of rotatable bonds is 8. The summed E-state index contributed by atoms with van der Waals surface area (Å²) in [6.07, 6.45) is 1.68. The quantitative estimate of drug-likeness (QED) is 0.463. The Morgan fingerprint density at radius 2 is 1.72 bits per heavy atom. The molecule has 1 atom stereocenters. The van der Waals surface area contributed by atoms with E-state index in [1.165, 1.54) is 0 Å². The molecule has 0 fully saturated rings. The summed E-state index contributed by atoms with van der Waals surface area (Å²) in [4.78, 5) is 58.3.